The van der Waals surface area contributed by atoms with Crippen LogP contribution in [0.3, 0.4) is 0 Å². The number of oxazole rings is 1. The molecule has 0 saturated carbocycles. The third-order valence-corrected chi connectivity index (χ3v) is 4.55. The first-order valence-corrected chi connectivity index (χ1v) is 9.36. The monoisotopic (exact) mass is 408 g/mol. The van der Waals surface area contributed by atoms with E-state index in [1.165, 1.54) is 21.3 Å². The van der Waals surface area contributed by atoms with Crippen molar-refractivity contribution < 1.29 is 14.0 Å². The Balaban J connectivity index is 1.58. The molecule has 10 heteroatoms. The van der Waals surface area contributed by atoms with E-state index in [9.17, 15) is 14.4 Å². The Morgan fingerprint density at radius 1 is 1.17 bits per heavy atom. The number of nitrogens with zero attached hydrogens (tertiary/aromatic N) is 4. The largest absolute Gasteiger partial charge is 0.419 e. The van der Waals surface area contributed by atoms with Gasteiger partial charge in [-0.05, 0) is 31.5 Å². The van der Waals surface area contributed by atoms with E-state index >= 15 is 0 Å². The molecule has 0 radical (unpaired) electrons. The van der Waals surface area contributed by atoms with E-state index in [1.54, 1.807) is 31.3 Å². The molecule has 2 N–H and O–H groups in total. The molecule has 3 aromatic heterocycles. The lowest BCUT2D eigenvalue weighted by Crippen LogP contribution is -2.32. The summed E-state index contributed by atoms with van der Waals surface area (Å²) >= 11 is 0. The van der Waals surface area contributed by atoms with Gasteiger partial charge in [-0.3, -0.25) is 14.2 Å². The zero-order valence-corrected chi connectivity index (χ0v) is 16.7. The molecule has 0 fully saturated rings. The van der Waals surface area contributed by atoms with Gasteiger partial charge in [0, 0.05) is 31.8 Å². The van der Waals surface area contributed by atoms with Gasteiger partial charge in [-0.2, -0.15) is 5.10 Å². The number of amides is 2. The Morgan fingerprint density at radius 2 is 1.97 bits per heavy atom. The van der Waals surface area contributed by atoms with Crippen molar-refractivity contribution in [2.24, 2.45) is 7.05 Å². The first kappa shape index (κ1) is 19.4. The number of benzene rings is 1. The van der Waals surface area contributed by atoms with Gasteiger partial charge in [0.1, 0.15) is 11.4 Å². The van der Waals surface area contributed by atoms with E-state index in [0.29, 0.717) is 16.7 Å². The molecule has 30 heavy (non-hydrogen) atoms. The average molecular weight is 408 g/mol. The molecule has 0 unspecified atom stereocenters. The molecule has 0 spiro atoms. The van der Waals surface area contributed by atoms with Crippen LogP contribution in [0.15, 0.2) is 45.7 Å². The number of hydrogen-bond donors (Lipinski definition) is 2. The van der Waals surface area contributed by atoms with Crippen molar-refractivity contribution in [2.45, 2.75) is 26.4 Å². The van der Waals surface area contributed by atoms with Gasteiger partial charge in [-0.1, -0.05) is 6.07 Å². The zero-order valence-electron chi connectivity index (χ0n) is 16.7. The van der Waals surface area contributed by atoms with Crippen molar-refractivity contribution in [1.82, 2.24) is 29.8 Å². The fraction of sp³-hybridized carbons (Fsp3) is 0.250. The lowest BCUT2D eigenvalue weighted by Gasteiger charge is -2.11. The summed E-state index contributed by atoms with van der Waals surface area (Å²) in [6.45, 7) is 3.91. The normalized spacial score (nSPS) is 11.3. The van der Waals surface area contributed by atoms with E-state index in [-0.39, 0.29) is 29.9 Å². The number of fused-ring (bicyclic) bond motifs is 2. The summed E-state index contributed by atoms with van der Waals surface area (Å²) in [4.78, 5) is 41.1. The minimum atomic E-state index is -0.448. The smallest absolute Gasteiger partial charge is 0.408 e. The predicted octanol–water partition coefficient (Wildman–Crippen LogP) is 1.24. The van der Waals surface area contributed by atoms with Gasteiger partial charge in [0.2, 0.25) is 0 Å². The van der Waals surface area contributed by atoms with Gasteiger partial charge in [0.05, 0.1) is 11.7 Å². The second-order valence-electron chi connectivity index (χ2n) is 7.17. The number of carbonyl (C=O) groups is 2. The zero-order chi connectivity index (χ0) is 21.4. The van der Waals surface area contributed by atoms with E-state index in [1.807, 2.05) is 13.8 Å². The van der Waals surface area contributed by atoms with E-state index in [2.05, 4.69) is 20.7 Å². The summed E-state index contributed by atoms with van der Waals surface area (Å²) < 4.78 is 7.90. The highest BCUT2D eigenvalue weighted by molar-refractivity contribution is 5.98. The molecule has 1 aromatic carbocycles. The summed E-state index contributed by atoms with van der Waals surface area (Å²) in [5, 5.41) is 9.69. The van der Waals surface area contributed by atoms with Crippen LogP contribution in [0.4, 0.5) is 0 Å². The highest BCUT2D eigenvalue weighted by Crippen LogP contribution is 2.14. The van der Waals surface area contributed by atoms with Crippen LogP contribution in [0.25, 0.3) is 16.7 Å². The molecule has 0 aliphatic rings. The molecule has 3 heterocycles. The minimum Gasteiger partial charge on any atom is -0.408 e. The molecule has 0 saturated heterocycles. The molecule has 4 rings (SSSR count). The fourth-order valence-corrected chi connectivity index (χ4v) is 3.08. The molecule has 154 valence electrons. The van der Waals surface area contributed by atoms with Gasteiger partial charge < -0.3 is 15.1 Å². The van der Waals surface area contributed by atoms with Crippen molar-refractivity contribution in [2.75, 3.05) is 0 Å². The highest BCUT2D eigenvalue weighted by atomic mass is 16.4. The van der Waals surface area contributed by atoms with Crippen LogP contribution in [0, 0.1) is 0 Å². The molecule has 10 nitrogen and oxygen atoms in total. The molecular formula is C20H20N6O4. The van der Waals surface area contributed by atoms with Gasteiger partial charge >= 0.3 is 5.76 Å². The number of rotatable bonds is 5. The number of nitrogens with one attached hydrogen (secondary N) is 2. The summed E-state index contributed by atoms with van der Waals surface area (Å²) in [6, 6.07) is 8.19. The van der Waals surface area contributed by atoms with Crippen LogP contribution in [0.5, 0.6) is 0 Å². The van der Waals surface area contributed by atoms with Crippen molar-refractivity contribution in [1.29, 1.82) is 0 Å². The van der Waals surface area contributed by atoms with Crippen molar-refractivity contribution in [3.05, 3.63) is 64.0 Å². The van der Waals surface area contributed by atoms with Gasteiger partial charge in [0.15, 0.2) is 11.2 Å². The van der Waals surface area contributed by atoms with Gasteiger partial charge in [0.25, 0.3) is 11.8 Å². The molecule has 0 aliphatic heterocycles. The Morgan fingerprint density at radius 3 is 2.73 bits per heavy atom. The summed E-state index contributed by atoms with van der Waals surface area (Å²) in [5.74, 6) is -1.23. The number of carbonyl (C=O) groups excluding carboxylic acids is 2. The Bertz CT molecular complexity index is 1330. The second kappa shape index (κ2) is 7.47. The number of hydrogen-bond acceptors (Lipinski definition) is 6. The Hall–Kier alpha value is -3.95. The maximum atomic E-state index is 12.7. The lowest BCUT2D eigenvalue weighted by atomic mass is 10.2. The van der Waals surface area contributed by atoms with Crippen LogP contribution in [0.2, 0.25) is 0 Å². The SMILES string of the molecule is CC(C)NC(=O)c1cc(C(=O)NCc2ccc3oc(=O)n(C)c3c2)nc2ccnn12. The second-order valence-corrected chi connectivity index (χ2v) is 7.17. The van der Waals surface area contributed by atoms with Crippen LogP contribution in [-0.4, -0.2) is 37.0 Å². The molecule has 4 aromatic rings. The fourth-order valence-electron chi connectivity index (χ4n) is 3.08. The Labute approximate surface area is 170 Å². The first-order valence-electron chi connectivity index (χ1n) is 9.36. The molecule has 0 aliphatic carbocycles. The van der Waals surface area contributed by atoms with Gasteiger partial charge in [-0.25, -0.2) is 14.3 Å². The summed E-state index contributed by atoms with van der Waals surface area (Å²) in [6.07, 6.45) is 1.51. The molecule has 0 atom stereocenters. The van der Waals surface area contributed by atoms with Crippen LogP contribution >= 0.6 is 0 Å². The van der Waals surface area contributed by atoms with E-state index < -0.39 is 11.7 Å². The van der Waals surface area contributed by atoms with Crippen molar-refractivity contribution in [3.63, 3.8) is 0 Å². The summed E-state index contributed by atoms with van der Waals surface area (Å²) in [5.41, 5.74) is 2.62. The quantitative estimate of drug-likeness (QED) is 0.512. The number of aromatic nitrogens is 4. The molecular weight excluding hydrogens is 388 g/mol. The average Bonchev–Trinajstić information content (AvgIpc) is 3.29. The van der Waals surface area contributed by atoms with E-state index in [4.69, 9.17) is 4.42 Å². The first-order chi connectivity index (χ1) is 14.3. The third-order valence-electron chi connectivity index (χ3n) is 4.55. The maximum Gasteiger partial charge on any atom is 0.419 e. The van der Waals surface area contributed by atoms with Gasteiger partial charge in [-0.15, -0.1) is 0 Å². The topological polar surface area (TPSA) is 124 Å². The molecule has 2 amide bonds. The predicted molar refractivity (Wildman–Crippen MR) is 108 cm³/mol. The van der Waals surface area contributed by atoms with Crippen LogP contribution in [0.1, 0.15) is 40.4 Å². The molecule has 0 bridgehead atoms. The maximum absolute atomic E-state index is 12.7. The highest BCUT2D eigenvalue weighted by Gasteiger charge is 2.18. The minimum absolute atomic E-state index is 0.0673. The van der Waals surface area contributed by atoms with Crippen molar-refractivity contribution in [3.8, 4) is 0 Å². The third kappa shape index (κ3) is 3.54. The van der Waals surface area contributed by atoms with Crippen LogP contribution < -0.4 is 16.4 Å². The Kier molecular flexibility index (Phi) is 4.82. The summed E-state index contributed by atoms with van der Waals surface area (Å²) in [7, 11) is 1.62. The van der Waals surface area contributed by atoms with Crippen LogP contribution in [-0.2, 0) is 13.6 Å². The van der Waals surface area contributed by atoms with Crippen molar-refractivity contribution >= 4 is 28.6 Å². The lowest BCUT2D eigenvalue weighted by molar-refractivity contribution is 0.0935. The standard InChI is InChI=1S/C20H20N6O4/c1-11(2)23-19(28)15-9-13(24-17-6-7-22-26(15)17)18(27)21-10-12-4-5-16-14(8-12)25(3)20(29)30-16/h4-9,11H,10H2,1-3H3,(H,21,27)(H,23,28). The number of aryl methyl sites for hydroxylation is 1. The van der Waals surface area contributed by atoms with E-state index in [0.717, 1.165) is 5.56 Å².